The third-order valence-corrected chi connectivity index (χ3v) is 3.77. The molecule has 0 saturated carbocycles. The van der Waals surface area contributed by atoms with Crippen molar-refractivity contribution < 1.29 is 0 Å². The summed E-state index contributed by atoms with van der Waals surface area (Å²) in [5.41, 5.74) is 5.72. The molecule has 0 radical (unpaired) electrons. The maximum Gasteiger partial charge on any atom is 0.203 e. The summed E-state index contributed by atoms with van der Waals surface area (Å²) in [7, 11) is 1.87. The summed E-state index contributed by atoms with van der Waals surface area (Å²) in [5.74, 6) is 0.535. The maximum absolute atomic E-state index is 9.37. The van der Waals surface area contributed by atoms with Crippen LogP contribution >= 0.6 is 15.9 Å². The van der Waals surface area contributed by atoms with Crippen molar-refractivity contribution in [3.05, 3.63) is 58.8 Å². The second-order valence-electron chi connectivity index (χ2n) is 4.67. The van der Waals surface area contributed by atoms with Crippen molar-refractivity contribution in [1.29, 1.82) is 5.26 Å². The normalized spacial score (nSPS) is 11.4. The Bertz CT molecular complexity index is 887. The van der Waals surface area contributed by atoms with Gasteiger partial charge in [-0.25, -0.2) is 4.98 Å². The summed E-state index contributed by atoms with van der Waals surface area (Å²) >= 11 is 3.38. The number of fused-ring (bicyclic) bond motifs is 1. The van der Waals surface area contributed by atoms with Gasteiger partial charge in [-0.15, -0.1) is 0 Å². The van der Waals surface area contributed by atoms with E-state index < -0.39 is 0 Å². The average molecular weight is 354 g/mol. The Kier molecular flexibility index (Phi) is 3.90. The molecular formula is C16H12BrN5. The van der Waals surface area contributed by atoms with Crippen LogP contribution in [0, 0.1) is 11.3 Å². The third-order valence-electron chi connectivity index (χ3n) is 3.25. The number of benzene rings is 2. The van der Waals surface area contributed by atoms with E-state index in [1.165, 1.54) is 0 Å². The molecule has 0 aliphatic carbocycles. The largest absolute Gasteiger partial charge is 0.325 e. The monoisotopic (exact) mass is 353 g/mol. The van der Waals surface area contributed by atoms with Crippen LogP contribution in [-0.4, -0.2) is 15.3 Å². The lowest BCUT2D eigenvalue weighted by Gasteiger charge is -2.02. The van der Waals surface area contributed by atoms with Gasteiger partial charge in [-0.05, 0) is 36.4 Å². The van der Waals surface area contributed by atoms with Gasteiger partial charge in [-0.3, -0.25) is 5.43 Å². The zero-order chi connectivity index (χ0) is 15.5. The summed E-state index contributed by atoms with van der Waals surface area (Å²) in [6.07, 6.45) is 0. The Labute approximate surface area is 136 Å². The van der Waals surface area contributed by atoms with Gasteiger partial charge in [0.1, 0.15) is 6.07 Å². The van der Waals surface area contributed by atoms with Crippen molar-refractivity contribution in [2.45, 2.75) is 0 Å². The van der Waals surface area contributed by atoms with Crippen LogP contribution in [0.1, 0.15) is 5.82 Å². The first-order valence-electron chi connectivity index (χ1n) is 6.60. The molecule has 0 aliphatic heterocycles. The lowest BCUT2D eigenvalue weighted by atomic mass is 10.3. The minimum absolute atomic E-state index is 0.238. The molecule has 0 spiro atoms. The number of halogens is 1. The van der Waals surface area contributed by atoms with E-state index in [1.54, 1.807) is 0 Å². The number of hydrogen-bond acceptors (Lipinski definition) is 4. The first-order valence-corrected chi connectivity index (χ1v) is 7.39. The van der Waals surface area contributed by atoms with Crippen LogP contribution in [0.2, 0.25) is 0 Å². The lowest BCUT2D eigenvalue weighted by Crippen LogP contribution is -2.08. The van der Waals surface area contributed by atoms with Crippen molar-refractivity contribution in [1.82, 2.24) is 9.55 Å². The van der Waals surface area contributed by atoms with Crippen LogP contribution < -0.4 is 5.43 Å². The van der Waals surface area contributed by atoms with Crippen molar-refractivity contribution in [3.8, 4) is 6.07 Å². The highest BCUT2D eigenvalue weighted by Gasteiger charge is 2.13. The van der Waals surface area contributed by atoms with Gasteiger partial charge in [0.2, 0.25) is 5.71 Å². The first kappa shape index (κ1) is 14.3. The molecule has 2 aromatic carbocycles. The molecule has 0 bridgehead atoms. The number of rotatable bonds is 3. The predicted octanol–water partition coefficient (Wildman–Crippen LogP) is 3.68. The van der Waals surface area contributed by atoms with Gasteiger partial charge in [0, 0.05) is 11.5 Å². The van der Waals surface area contributed by atoms with E-state index in [4.69, 9.17) is 0 Å². The summed E-state index contributed by atoms with van der Waals surface area (Å²) in [4.78, 5) is 4.47. The predicted molar refractivity (Wildman–Crippen MR) is 90.6 cm³/mol. The number of anilines is 1. The van der Waals surface area contributed by atoms with E-state index in [9.17, 15) is 5.26 Å². The Balaban J connectivity index is 1.95. The van der Waals surface area contributed by atoms with E-state index in [0.29, 0.717) is 5.82 Å². The molecule has 0 amide bonds. The Morgan fingerprint density at radius 2 is 1.95 bits per heavy atom. The fourth-order valence-electron chi connectivity index (χ4n) is 2.13. The molecule has 1 heterocycles. The van der Waals surface area contributed by atoms with E-state index in [-0.39, 0.29) is 5.71 Å². The van der Waals surface area contributed by atoms with Crippen LogP contribution in [0.3, 0.4) is 0 Å². The summed E-state index contributed by atoms with van der Waals surface area (Å²) in [5, 5.41) is 13.5. The molecule has 1 aromatic heterocycles. The van der Waals surface area contributed by atoms with Gasteiger partial charge in [0.25, 0.3) is 0 Å². The number of imidazole rings is 1. The number of nitrogens with one attached hydrogen (secondary N) is 1. The van der Waals surface area contributed by atoms with Gasteiger partial charge in [-0.1, -0.05) is 28.1 Å². The first-order chi connectivity index (χ1) is 10.7. The molecular weight excluding hydrogens is 342 g/mol. The number of aromatic nitrogens is 2. The van der Waals surface area contributed by atoms with Crippen LogP contribution in [0.25, 0.3) is 11.0 Å². The van der Waals surface area contributed by atoms with Gasteiger partial charge >= 0.3 is 0 Å². The number of hydrazone groups is 1. The van der Waals surface area contributed by atoms with Crippen molar-refractivity contribution in [3.63, 3.8) is 0 Å². The molecule has 0 saturated heterocycles. The maximum atomic E-state index is 9.37. The number of nitriles is 1. The quantitative estimate of drug-likeness (QED) is 0.576. The average Bonchev–Trinajstić information content (AvgIpc) is 2.87. The van der Waals surface area contributed by atoms with Crippen molar-refractivity contribution >= 4 is 38.4 Å². The smallest absolute Gasteiger partial charge is 0.203 e. The minimum atomic E-state index is 0.238. The SMILES string of the molecule is Cn1c(C(C#N)=NNc2ccc(Br)cc2)nc2ccccc21. The van der Waals surface area contributed by atoms with E-state index in [2.05, 4.69) is 37.5 Å². The molecule has 3 rings (SSSR count). The second kappa shape index (κ2) is 6.00. The summed E-state index contributed by atoms with van der Waals surface area (Å²) < 4.78 is 2.85. The zero-order valence-electron chi connectivity index (χ0n) is 11.8. The minimum Gasteiger partial charge on any atom is -0.325 e. The molecule has 0 fully saturated rings. The molecule has 0 atom stereocenters. The van der Waals surface area contributed by atoms with Crippen LogP contribution in [0.4, 0.5) is 5.69 Å². The highest BCUT2D eigenvalue weighted by atomic mass is 79.9. The number of hydrogen-bond donors (Lipinski definition) is 1. The van der Waals surface area contributed by atoms with Gasteiger partial charge in [-0.2, -0.15) is 10.4 Å². The Morgan fingerprint density at radius 1 is 1.23 bits per heavy atom. The highest BCUT2D eigenvalue weighted by molar-refractivity contribution is 9.10. The molecule has 3 aromatic rings. The van der Waals surface area contributed by atoms with Crippen LogP contribution in [0.5, 0.6) is 0 Å². The highest BCUT2D eigenvalue weighted by Crippen LogP contribution is 2.16. The molecule has 1 N–H and O–H groups in total. The zero-order valence-corrected chi connectivity index (χ0v) is 13.4. The van der Waals surface area contributed by atoms with Crippen molar-refractivity contribution in [2.24, 2.45) is 12.1 Å². The molecule has 0 aliphatic rings. The van der Waals surface area contributed by atoms with E-state index in [1.807, 2.05) is 60.1 Å². The van der Waals surface area contributed by atoms with Crippen LogP contribution in [-0.2, 0) is 7.05 Å². The molecule has 0 unspecified atom stereocenters. The van der Waals surface area contributed by atoms with Gasteiger partial charge in [0.05, 0.1) is 16.7 Å². The van der Waals surface area contributed by atoms with Crippen LogP contribution in [0.15, 0.2) is 58.1 Å². The standard InChI is InChI=1S/C16H12BrN5/c1-22-15-5-3-2-4-13(15)19-16(22)14(10-18)21-20-12-8-6-11(17)7-9-12/h2-9,20H,1H3. The Hall–Kier alpha value is -2.65. The lowest BCUT2D eigenvalue weighted by molar-refractivity contribution is 0.929. The molecule has 6 heteroatoms. The number of para-hydroxylation sites is 2. The van der Waals surface area contributed by atoms with Crippen molar-refractivity contribution in [2.75, 3.05) is 5.43 Å². The summed E-state index contributed by atoms with van der Waals surface area (Å²) in [6.45, 7) is 0. The fraction of sp³-hybridized carbons (Fsp3) is 0.0625. The summed E-state index contributed by atoms with van der Waals surface area (Å²) in [6, 6.07) is 17.4. The molecule has 22 heavy (non-hydrogen) atoms. The fourth-order valence-corrected chi connectivity index (χ4v) is 2.39. The second-order valence-corrected chi connectivity index (χ2v) is 5.59. The number of nitrogens with zero attached hydrogens (tertiary/aromatic N) is 4. The third kappa shape index (κ3) is 2.71. The van der Waals surface area contributed by atoms with Gasteiger partial charge in [0.15, 0.2) is 5.82 Å². The number of aryl methyl sites for hydroxylation is 1. The Morgan fingerprint density at radius 3 is 2.64 bits per heavy atom. The van der Waals surface area contributed by atoms with E-state index >= 15 is 0 Å². The van der Waals surface area contributed by atoms with E-state index in [0.717, 1.165) is 21.2 Å². The molecule has 5 nitrogen and oxygen atoms in total. The van der Waals surface area contributed by atoms with Gasteiger partial charge < -0.3 is 4.57 Å². The molecule has 108 valence electrons. The topological polar surface area (TPSA) is 66.0 Å².